The van der Waals surface area contributed by atoms with Gasteiger partial charge in [-0.1, -0.05) is 13.8 Å². The summed E-state index contributed by atoms with van der Waals surface area (Å²) in [6.07, 6.45) is 1.62. The molecule has 3 nitrogen and oxygen atoms in total. The lowest BCUT2D eigenvalue weighted by atomic mass is 10.1. The maximum absolute atomic E-state index is 11.0. The molecule has 76 valence electrons. The van der Waals surface area contributed by atoms with E-state index in [0.717, 1.165) is 11.3 Å². The highest BCUT2D eigenvalue weighted by molar-refractivity contribution is 5.77. The van der Waals surface area contributed by atoms with Crippen LogP contribution in [0.2, 0.25) is 0 Å². The van der Waals surface area contributed by atoms with Crippen LogP contribution in [-0.2, 0) is 4.79 Å². The van der Waals surface area contributed by atoms with E-state index in [9.17, 15) is 4.79 Å². The van der Waals surface area contributed by atoms with Crippen LogP contribution in [0.15, 0.2) is 16.7 Å². The standard InChI is InChI=1S/C11H14O3/c1-6-4-5-14-9(6)7-8(10(12)13)11(7,2)3/h4-5,7-8H,1-3H3,(H,12,13)/t7-,8-/m0/s1. The molecule has 3 heteroatoms. The van der Waals surface area contributed by atoms with Crippen molar-refractivity contribution in [1.82, 2.24) is 0 Å². The van der Waals surface area contributed by atoms with Crippen LogP contribution in [0.5, 0.6) is 0 Å². The molecule has 0 spiro atoms. The number of furan rings is 1. The van der Waals surface area contributed by atoms with E-state index in [4.69, 9.17) is 9.52 Å². The van der Waals surface area contributed by atoms with Gasteiger partial charge in [0.2, 0.25) is 0 Å². The fraction of sp³-hybridized carbons (Fsp3) is 0.545. The lowest BCUT2D eigenvalue weighted by Gasteiger charge is -1.99. The van der Waals surface area contributed by atoms with Gasteiger partial charge in [0.15, 0.2) is 0 Å². The molecule has 0 bridgehead atoms. The van der Waals surface area contributed by atoms with Crippen molar-refractivity contribution < 1.29 is 14.3 Å². The molecule has 2 atom stereocenters. The summed E-state index contributed by atoms with van der Waals surface area (Å²) in [5.41, 5.74) is 0.876. The minimum absolute atomic E-state index is 0.0370. The summed E-state index contributed by atoms with van der Waals surface area (Å²) in [4.78, 5) is 11.0. The summed E-state index contributed by atoms with van der Waals surface area (Å²) >= 11 is 0. The highest BCUT2D eigenvalue weighted by Crippen LogP contribution is 2.64. The molecule has 1 fully saturated rings. The van der Waals surface area contributed by atoms with Gasteiger partial charge in [0, 0.05) is 5.92 Å². The number of hydrogen-bond acceptors (Lipinski definition) is 2. The summed E-state index contributed by atoms with van der Waals surface area (Å²) in [5.74, 6) is -0.152. The molecule has 0 aromatic carbocycles. The number of hydrogen-bond donors (Lipinski definition) is 1. The maximum atomic E-state index is 11.0. The topological polar surface area (TPSA) is 50.4 Å². The molecule has 2 rings (SSSR count). The Morgan fingerprint density at radius 2 is 2.21 bits per heavy atom. The number of carboxylic acids is 1. The van der Waals surface area contributed by atoms with Crippen molar-refractivity contribution in [2.45, 2.75) is 26.7 Å². The highest BCUT2D eigenvalue weighted by atomic mass is 16.4. The van der Waals surface area contributed by atoms with Crippen molar-refractivity contribution in [3.05, 3.63) is 23.7 Å². The monoisotopic (exact) mass is 194 g/mol. The van der Waals surface area contributed by atoms with Gasteiger partial charge in [-0.15, -0.1) is 0 Å². The molecule has 14 heavy (non-hydrogen) atoms. The van der Waals surface area contributed by atoms with E-state index in [1.165, 1.54) is 0 Å². The van der Waals surface area contributed by atoms with Gasteiger partial charge in [-0.2, -0.15) is 0 Å². The molecule has 0 radical (unpaired) electrons. The van der Waals surface area contributed by atoms with Crippen molar-refractivity contribution in [1.29, 1.82) is 0 Å². The van der Waals surface area contributed by atoms with Gasteiger partial charge in [-0.3, -0.25) is 4.79 Å². The zero-order chi connectivity index (χ0) is 10.5. The summed E-state index contributed by atoms with van der Waals surface area (Å²) < 4.78 is 5.34. The van der Waals surface area contributed by atoms with E-state index < -0.39 is 5.97 Å². The van der Waals surface area contributed by atoms with Crippen LogP contribution in [0, 0.1) is 18.3 Å². The van der Waals surface area contributed by atoms with Crippen molar-refractivity contribution in [2.24, 2.45) is 11.3 Å². The lowest BCUT2D eigenvalue weighted by Crippen LogP contribution is -2.03. The summed E-state index contributed by atoms with van der Waals surface area (Å²) in [6, 6.07) is 1.88. The molecule has 1 saturated carbocycles. The van der Waals surface area contributed by atoms with Crippen LogP contribution in [0.4, 0.5) is 0 Å². The van der Waals surface area contributed by atoms with Gasteiger partial charge in [0.25, 0.3) is 0 Å². The van der Waals surface area contributed by atoms with Crippen LogP contribution in [0.3, 0.4) is 0 Å². The molecule has 0 aliphatic heterocycles. The fourth-order valence-corrected chi connectivity index (χ4v) is 2.29. The second-order valence-electron chi connectivity index (χ2n) is 4.58. The van der Waals surface area contributed by atoms with Crippen molar-refractivity contribution in [2.75, 3.05) is 0 Å². The Kier molecular flexibility index (Phi) is 1.74. The molecule has 1 aliphatic carbocycles. The molecule has 1 aromatic rings. The number of aryl methyl sites for hydroxylation is 1. The Morgan fingerprint density at radius 3 is 2.57 bits per heavy atom. The summed E-state index contributed by atoms with van der Waals surface area (Å²) in [6.45, 7) is 5.89. The van der Waals surface area contributed by atoms with Gasteiger partial charge < -0.3 is 9.52 Å². The van der Waals surface area contributed by atoms with E-state index in [1.54, 1.807) is 6.26 Å². The largest absolute Gasteiger partial charge is 0.481 e. The molecule has 0 amide bonds. The van der Waals surface area contributed by atoms with Gasteiger partial charge in [-0.05, 0) is 24.0 Å². The first-order valence-electron chi connectivity index (χ1n) is 4.73. The van der Waals surface area contributed by atoms with Crippen LogP contribution in [0.25, 0.3) is 0 Å². The average Bonchev–Trinajstić information content (AvgIpc) is 2.42. The third-order valence-corrected chi connectivity index (χ3v) is 3.28. The second-order valence-corrected chi connectivity index (χ2v) is 4.58. The Bertz CT molecular complexity index is 376. The molecular formula is C11H14O3. The third-order valence-electron chi connectivity index (χ3n) is 3.28. The van der Waals surface area contributed by atoms with Gasteiger partial charge in [0.05, 0.1) is 12.2 Å². The zero-order valence-corrected chi connectivity index (χ0v) is 8.57. The van der Waals surface area contributed by atoms with E-state index in [-0.39, 0.29) is 17.3 Å². The van der Waals surface area contributed by atoms with Gasteiger partial charge in [0.1, 0.15) is 5.76 Å². The fourth-order valence-electron chi connectivity index (χ4n) is 2.29. The molecule has 0 unspecified atom stereocenters. The van der Waals surface area contributed by atoms with Crippen LogP contribution in [0.1, 0.15) is 31.1 Å². The van der Waals surface area contributed by atoms with Crippen molar-refractivity contribution in [3.63, 3.8) is 0 Å². The molecule has 1 aromatic heterocycles. The Labute approximate surface area is 82.7 Å². The number of carboxylic acid groups (broad SMARTS) is 1. The van der Waals surface area contributed by atoms with E-state index in [0.29, 0.717) is 0 Å². The quantitative estimate of drug-likeness (QED) is 0.786. The first-order chi connectivity index (χ1) is 6.46. The third kappa shape index (κ3) is 1.08. The second kappa shape index (κ2) is 2.62. The van der Waals surface area contributed by atoms with Gasteiger partial charge in [-0.25, -0.2) is 0 Å². The van der Waals surface area contributed by atoms with Crippen LogP contribution in [-0.4, -0.2) is 11.1 Å². The van der Waals surface area contributed by atoms with E-state index >= 15 is 0 Å². The minimum atomic E-state index is -0.726. The predicted molar refractivity (Wildman–Crippen MR) is 51.1 cm³/mol. The summed E-state index contributed by atoms with van der Waals surface area (Å²) in [5, 5.41) is 9.01. The Balaban J connectivity index is 2.32. The molecule has 1 N–H and O–H groups in total. The Hall–Kier alpha value is -1.25. The van der Waals surface area contributed by atoms with Crippen LogP contribution >= 0.6 is 0 Å². The zero-order valence-electron chi connectivity index (χ0n) is 8.57. The molecular weight excluding hydrogens is 180 g/mol. The molecule has 1 aliphatic rings. The van der Waals surface area contributed by atoms with Crippen LogP contribution < -0.4 is 0 Å². The van der Waals surface area contributed by atoms with Crippen molar-refractivity contribution in [3.8, 4) is 0 Å². The average molecular weight is 194 g/mol. The predicted octanol–water partition coefficient (Wildman–Crippen LogP) is 2.41. The molecule has 1 heterocycles. The smallest absolute Gasteiger partial charge is 0.307 e. The number of aliphatic carboxylic acids is 1. The first-order valence-corrected chi connectivity index (χ1v) is 4.73. The first kappa shape index (κ1) is 9.31. The van der Waals surface area contributed by atoms with Crippen molar-refractivity contribution >= 4 is 5.97 Å². The molecule has 0 saturated heterocycles. The van der Waals surface area contributed by atoms with E-state index in [1.807, 2.05) is 26.8 Å². The summed E-state index contributed by atoms with van der Waals surface area (Å²) in [7, 11) is 0. The maximum Gasteiger partial charge on any atom is 0.307 e. The number of carbonyl (C=O) groups is 1. The SMILES string of the molecule is Cc1ccoc1[C@@H]1[C@@H](C(=O)O)C1(C)C. The minimum Gasteiger partial charge on any atom is -0.481 e. The highest BCUT2D eigenvalue weighted by Gasteiger charge is 2.64. The number of rotatable bonds is 2. The normalized spacial score (nSPS) is 28.8. The van der Waals surface area contributed by atoms with E-state index in [2.05, 4.69) is 0 Å². The lowest BCUT2D eigenvalue weighted by molar-refractivity contribution is -0.139. The van der Waals surface area contributed by atoms with Gasteiger partial charge >= 0.3 is 5.97 Å². The Morgan fingerprint density at radius 1 is 1.57 bits per heavy atom.